The summed E-state index contributed by atoms with van der Waals surface area (Å²) in [5.74, 6) is -0.364. The molecule has 0 bridgehead atoms. The molecule has 0 unspecified atom stereocenters. The van der Waals surface area contributed by atoms with Crippen LogP contribution in [0.1, 0.15) is 5.69 Å². The number of ether oxygens (including phenoxy) is 1. The third-order valence-corrected chi connectivity index (χ3v) is 1.50. The van der Waals surface area contributed by atoms with Crippen LogP contribution in [0.4, 0.5) is 0 Å². The molecule has 66 valence electrons. The summed E-state index contributed by atoms with van der Waals surface area (Å²) in [6.07, 6.45) is 0.104. The van der Waals surface area contributed by atoms with Crippen molar-refractivity contribution < 1.29 is 9.53 Å². The van der Waals surface area contributed by atoms with Gasteiger partial charge in [-0.05, 0) is 0 Å². The van der Waals surface area contributed by atoms with Crippen molar-refractivity contribution in [3.8, 4) is 0 Å². The predicted octanol–water partition coefficient (Wildman–Crippen LogP) is -0.571. The van der Waals surface area contributed by atoms with Crippen molar-refractivity contribution in [3.63, 3.8) is 0 Å². The number of aromatic nitrogens is 2. The van der Waals surface area contributed by atoms with Crippen LogP contribution in [0.15, 0.2) is 10.9 Å². The number of H-pyrrole nitrogens is 1. The van der Waals surface area contributed by atoms with Gasteiger partial charge in [0.25, 0.3) is 5.56 Å². The molecule has 5 nitrogen and oxygen atoms in total. The summed E-state index contributed by atoms with van der Waals surface area (Å²) >= 11 is 0. The molecule has 0 radical (unpaired) electrons. The summed E-state index contributed by atoms with van der Waals surface area (Å²) in [7, 11) is 2.90. The number of aromatic amines is 1. The monoisotopic (exact) mass is 170 g/mol. The number of carbonyl (C=O) groups is 1. The molecule has 0 spiro atoms. The van der Waals surface area contributed by atoms with E-state index in [0.717, 1.165) is 0 Å². The van der Waals surface area contributed by atoms with Gasteiger partial charge in [-0.1, -0.05) is 0 Å². The van der Waals surface area contributed by atoms with Crippen LogP contribution in [0, 0.1) is 0 Å². The summed E-state index contributed by atoms with van der Waals surface area (Å²) in [5, 5.41) is 2.71. The number of hydrogen-bond acceptors (Lipinski definition) is 3. The van der Waals surface area contributed by atoms with Gasteiger partial charge in [0, 0.05) is 18.8 Å². The van der Waals surface area contributed by atoms with E-state index in [4.69, 9.17) is 0 Å². The van der Waals surface area contributed by atoms with Gasteiger partial charge in [0.1, 0.15) is 0 Å². The third-order valence-electron chi connectivity index (χ3n) is 1.50. The normalized spacial score (nSPS) is 9.83. The van der Waals surface area contributed by atoms with E-state index in [-0.39, 0.29) is 17.9 Å². The Kier molecular flexibility index (Phi) is 2.32. The maximum absolute atomic E-state index is 10.9. The Hall–Kier alpha value is -1.52. The van der Waals surface area contributed by atoms with Crippen LogP contribution in [-0.2, 0) is 23.0 Å². The van der Waals surface area contributed by atoms with Crippen LogP contribution in [0.25, 0.3) is 0 Å². The molecule has 1 aromatic rings. The minimum atomic E-state index is -0.364. The highest BCUT2D eigenvalue weighted by Gasteiger charge is 2.05. The van der Waals surface area contributed by atoms with E-state index in [1.54, 1.807) is 7.05 Å². The summed E-state index contributed by atoms with van der Waals surface area (Å²) < 4.78 is 5.74. The largest absolute Gasteiger partial charge is 0.469 e. The lowest BCUT2D eigenvalue weighted by molar-refractivity contribution is -0.139. The summed E-state index contributed by atoms with van der Waals surface area (Å²) in [6, 6.07) is 1.37. The lowest BCUT2D eigenvalue weighted by Gasteiger charge is -1.94. The SMILES string of the molecule is COC(=O)Cc1cc(=O)n(C)[nH]1. The van der Waals surface area contributed by atoms with E-state index in [1.807, 2.05) is 0 Å². The average Bonchev–Trinajstić information content (AvgIpc) is 2.31. The van der Waals surface area contributed by atoms with Gasteiger partial charge in [0.15, 0.2) is 0 Å². The van der Waals surface area contributed by atoms with Gasteiger partial charge in [0.2, 0.25) is 0 Å². The van der Waals surface area contributed by atoms with Crippen LogP contribution in [0.2, 0.25) is 0 Å². The Balaban J connectivity index is 2.77. The van der Waals surface area contributed by atoms with E-state index >= 15 is 0 Å². The van der Waals surface area contributed by atoms with Crippen LogP contribution in [-0.4, -0.2) is 22.9 Å². The maximum Gasteiger partial charge on any atom is 0.311 e. The minimum absolute atomic E-state index is 0.104. The fourth-order valence-corrected chi connectivity index (χ4v) is 0.867. The number of carbonyl (C=O) groups excluding carboxylic acids is 1. The number of nitrogens with one attached hydrogen (secondary N) is 1. The van der Waals surface area contributed by atoms with Crippen molar-refractivity contribution >= 4 is 5.97 Å². The number of nitrogens with zero attached hydrogens (tertiary/aromatic N) is 1. The zero-order valence-electron chi connectivity index (χ0n) is 6.96. The van der Waals surface area contributed by atoms with Gasteiger partial charge in [-0.2, -0.15) is 0 Å². The van der Waals surface area contributed by atoms with Crippen LogP contribution in [0.3, 0.4) is 0 Å². The second-order valence-corrected chi connectivity index (χ2v) is 2.43. The summed E-state index contributed by atoms with van der Waals surface area (Å²) in [5.41, 5.74) is 0.406. The minimum Gasteiger partial charge on any atom is -0.469 e. The van der Waals surface area contributed by atoms with E-state index < -0.39 is 0 Å². The van der Waals surface area contributed by atoms with Gasteiger partial charge in [-0.3, -0.25) is 19.4 Å². The molecule has 0 atom stereocenters. The molecule has 0 fully saturated rings. The molecule has 0 amide bonds. The molecule has 0 aliphatic carbocycles. The molecule has 0 aromatic carbocycles. The van der Waals surface area contributed by atoms with Crippen molar-refractivity contribution in [1.82, 2.24) is 9.78 Å². The Morgan fingerprint density at radius 2 is 2.42 bits per heavy atom. The lowest BCUT2D eigenvalue weighted by Crippen LogP contribution is -2.10. The van der Waals surface area contributed by atoms with E-state index in [9.17, 15) is 9.59 Å². The Bertz CT molecular complexity index is 337. The van der Waals surface area contributed by atoms with Gasteiger partial charge < -0.3 is 4.74 Å². The molecule has 0 saturated heterocycles. The summed E-state index contributed by atoms with van der Waals surface area (Å²) in [6.45, 7) is 0. The Morgan fingerprint density at radius 1 is 1.75 bits per heavy atom. The zero-order valence-corrected chi connectivity index (χ0v) is 6.96. The van der Waals surface area contributed by atoms with E-state index in [1.165, 1.54) is 17.9 Å². The van der Waals surface area contributed by atoms with Crippen molar-refractivity contribution in [1.29, 1.82) is 0 Å². The maximum atomic E-state index is 10.9. The predicted molar refractivity (Wildman–Crippen MR) is 41.8 cm³/mol. The highest BCUT2D eigenvalue weighted by Crippen LogP contribution is 1.92. The zero-order chi connectivity index (χ0) is 9.14. The molecule has 5 heteroatoms. The molecule has 1 N–H and O–H groups in total. The van der Waals surface area contributed by atoms with Gasteiger partial charge in [-0.25, -0.2) is 0 Å². The molecule has 0 aliphatic rings. The number of hydrogen-bond donors (Lipinski definition) is 1. The molecule has 1 heterocycles. The number of aryl methyl sites for hydroxylation is 1. The van der Waals surface area contributed by atoms with E-state index in [2.05, 4.69) is 9.84 Å². The number of esters is 1. The molecule has 0 saturated carbocycles. The average molecular weight is 170 g/mol. The smallest absolute Gasteiger partial charge is 0.311 e. The highest BCUT2D eigenvalue weighted by molar-refractivity contribution is 5.71. The second-order valence-electron chi connectivity index (χ2n) is 2.43. The first kappa shape index (κ1) is 8.58. The highest BCUT2D eigenvalue weighted by atomic mass is 16.5. The lowest BCUT2D eigenvalue weighted by atomic mass is 10.3. The molecule has 1 rings (SSSR count). The van der Waals surface area contributed by atoms with Gasteiger partial charge in [0.05, 0.1) is 13.5 Å². The first-order valence-electron chi connectivity index (χ1n) is 3.45. The molecule has 0 aliphatic heterocycles. The van der Waals surface area contributed by atoms with Gasteiger partial charge in [-0.15, -0.1) is 0 Å². The second kappa shape index (κ2) is 3.25. The Labute approximate surface area is 68.9 Å². The van der Waals surface area contributed by atoms with Crippen molar-refractivity contribution in [2.45, 2.75) is 6.42 Å². The molecular formula is C7H10N2O3. The fourth-order valence-electron chi connectivity index (χ4n) is 0.867. The standard InChI is InChI=1S/C7H10N2O3/c1-9-6(10)3-5(8-9)4-7(11)12-2/h3,8H,4H2,1-2H3. The molecule has 12 heavy (non-hydrogen) atoms. The van der Waals surface area contributed by atoms with Gasteiger partial charge >= 0.3 is 5.97 Å². The van der Waals surface area contributed by atoms with Crippen molar-refractivity contribution in [2.75, 3.05) is 7.11 Å². The topological polar surface area (TPSA) is 64.1 Å². The van der Waals surface area contributed by atoms with Crippen LogP contribution < -0.4 is 5.56 Å². The summed E-state index contributed by atoms with van der Waals surface area (Å²) in [4.78, 5) is 21.6. The molecule has 1 aromatic heterocycles. The first-order valence-corrected chi connectivity index (χ1v) is 3.45. The number of rotatable bonds is 2. The van der Waals surface area contributed by atoms with Crippen molar-refractivity contribution in [2.24, 2.45) is 7.05 Å². The Morgan fingerprint density at radius 3 is 2.83 bits per heavy atom. The van der Waals surface area contributed by atoms with Crippen LogP contribution >= 0.6 is 0 Å². The fraction of sp³-hybridized carbons (Fsp3) is 0.429. The van der Waals surface area contributed by atoms with Crippen LogP contribution in [0.5, 0.6) is 0 Å². The van der Waals surface area contributed by atoms with E-state index in [0.29, 0.717) is 5.69 Å². The first-order chi connectivity index (χ1) is 5.63. The number of methoxy groups -OCH3 is 1. The van der Waals surface area contributed by atoms with Crippen molar-refractivity contribution in [3.05, 3.63) is 22.1 Å². The third kappa shape index (κ3) is 1.75. The molecular weight excluding hydrogens is 160 g/mol. The quantitative estimate of drug-likeness (QED) is 0.604.